The molecule has 0 aliphatic carbocycles. The number of aliphatic hydroxyl groups is 1. The first kappa shape index (κ1) is 21.9. The Hall–Kier alpha value is -3.36. The Balaban J connectivity index is 1.64. The zero-order valence-electron chi connectivity index (χ0n) is 17.7. The van der Waals surface area contributed by atoms with Crippen molar-refractivity contribution in [3.05, 3.63) is 72.2 Å². The van der Waals surface area contributed by atoms with E-state index in [2.05, 4.69) is 11.5 Å². The normalized spacial score (nSPS) is 21.1. The molecule has 0 saturated carbocycles. The first-order valence-electron chi connectivity index (χ1n) is 10.6. The third-order valence-corrected chi connectivity index (χ3v) is 5.61. The SMILES string of the molecule is C=CCOc1ccc(C(O)=C2C(=O)C(=O)N(CCN3CCOCC3)[C@H]2c2ccco2)cc1. The molecule has 1 aromatic heterocycles. The first-order valence-corrected chi connectivity index (χ1v) is 10.6. The minimum absolute atomic E-state index is 0.0201. The van der Waals surface area contributed by atoms with Crippen LogP contribution in [0.25, 0.3) is 5.76 Å². The molecule has 2 fully saturated rings. The molecule has 3 heterocycles. The van der Waals surface area contributed by atoms with Crippen LogP contribution in [0.5, 0.6) is 5.75 Å². The van der Waals surface area contributed by atoms with E-state index < -0.39 is 17.7 Å². The fourth-order valence-electron chi connectivity index (χ4n) is 3.95. The number of amides is 1. The predicted molar refractivity (Wildman–Crippen MR) is 117 cm³/mol. The standard InChI is InChI=1S/C24H26N2O6/c1-2-13-31-18-7-5-17(6-8-18)22(27)20-21(19-4-3-14-32-19)26(24(29)23(20)28)10-9-25-11-15-30-16-12-25/h2-8,14,21,27H,1,9-13,15-16H2/t21-/m0/s1. The lowest BCUT2D eigenvalue weighted by atomic mass is 9.99. The quantitative estimate of drug-likeness (QED) is 0.293. The van der Waals surface area contributed by atoms with Gasteiger partial charge in [0.05, 0.1) is 25.1 Å². The molecule has 0 bridgehead atoms. The average molecular weight is 438 g/mol. The minimum atomic E-state index is -0.789. The van der Waals surface area contributed by atoms with Crippen LogP contribution < -0.4 is 4.74 Å². The van der Waals surface area contributed by atoms with Crippen LogP contribution in [0.1, 0.15) is 17.4 Å². The van der Waals surface area contributed by atoms with E-state index in [4.69, 9.17) is 13.9 Å². The number of morpholine rings is 1. The third-order valence-electron chi connectivity index (χ3n) is 5.61. The van der Waals surface area contributed by atoms with Crippen molar-refractivity contribution in [2.24, 2.45) is 0 Å². The third kappa shape index (κ3) is 4.46. The molecule has 0 radical (unpaired) electrons. The molecule has 1 aromatic carbocycles. The Labute approximate surface area is 186 Å². The van der Waals surface area contributed by atoms with Crippen molar-refractivity contribution < 1.29 is 28.6 Å². The second-order valence-corrected chi connectivity index (χ2v) is 7.59. The summed E-state index contributed by atoms with van der Waals surface area (Å²) in [6, 6.07) is 9.29. The van der Waals surface area contributed by atoms with Crippen LogP contribution >= 0.6 is 0 Å². The summed E-state index contributed by atoms with van der Waals surface area (Å²) in [5.41, 5.74) is 0.436. The fraction of sp³-hybridized carbons (Fsp3) is 0.333. The van der Waals surface area contributed by atoms with Gasteiger partial charge in [0.2, 0.25) is 0 Å². The number of likely N-dealkylation sites (tertiary alicyclic amines) is 1. The number of benzene rings is 1. The molecule has 1 atom stereocenters. The highest BCUT2D eigenvalue weighted by Crippen LogP contribution is 2.39. The summed E-state index contributed by atoms with van der Waals surface area (Å²) in [5, 5.41) is 11.0. The van der Waals surface area contributed by atoms with Gasteiger partial charge in [0.1, 0.15) is 29.9 Å². The maximum atomic E-state index is 13.0. The predicted octanol–water partition coefficient (Wildman–Crippen LogP) is 2.60. The fourth-order valence-corrected chi connectivity index (χ4v) is 3.95. The number of aliphatic hydroxyl groups excluding tert-OH is 1. The van der Waals surface area contributed by atoms with Gasteiger partial charge >= 0.3 is 0 Å². The van der Waals surface area contributed by atoms with Gasteiger partial charge in [-0.25, -0.2) is 0 Å². The number of rotatable bonds is 8. The van der Waals surface area contributed by atoms with Gasteiger partial charge in [0, 0.05) is 31.7 Å². The molecule has 32 heavy (non-hydrogen) atoms. The van der Waals surface area contributed by atoms with E-state index in [0.717, 1.165) is 13.1 Å². The molecule has 2 saturated heterocycles. The van der Waals surface area contributed by atoms with Gasteiger partial charge in [-0.3, -0.25) is 14.5 Å². The Bertz CT molecular complexity index is 990. The maximum Gasteiger partial charge on any atom is 0.295 e. The highest BCUT2D eigenvalue weighted by molar-refractivity contribution is 6.46. The van der Waals surface area contributed by atoms with Gasteiger partial charge in [0.15, 0.2) is 0 Å². The van der Waals surface area contributed by atoms with E-state index in [1.165, 1.54) is 11.2 Å². The number of carbonyl (C=O) groups excluding carboxylic acids is 2. The van der Waals surface area contributed by atoms with Crippen LogP contribution in [0.2, 0.25) is 0 Å². The van der Waals surface area contributed by atoms with E-state index >= 15 is 0 Å². The summed E-state index contributed by atoms with van der Waals surface area (Å²) in [6.45, 7) is 7.74. The lowest BCUT2D eigenvalue weighted by molar-refractivity contribution is -0.140. The number of hydrogen-bond donors (Lipinski definition) is 1. The van der Waals surface area contributed by atoms with Gasteiger partial charge in [0.25, 0.3) is 11.7 Å². The van der Waals surface area contributed by atoms with E-state index in [1.807, 2.05) is 0 Å². The smallest absolute Gasteiger partial charge is 0.295 e. The lowest BCUT2D eigenvalue weighted by Gasteiger charge is -2.30. The summed E-state index contributed by atoms with van der Waals surface area (Å²) in [6.07, 6.45) is 3.12. The van der Waals surface area contributed by atoms with Crippen molar-refractivity contribution in [3.8, 4) is 5.75 Å². The zero-order chi connectivity index (χ0) is 22.5. The summed E-state index contributed by atoms with van der Waals surface area (Å²) in [5.74, 6) is -0.576. The average Bonchev–Trinajstić information content (AvgIpc) is 3.44. The van der Waals surface area contributed by atoms with Gasteiger partial charge in [-0.15, -0.1) is 0 Å². The van der Waals surface area contributed by atoms with Crippen molar-refractivity contribution in [1.82, 2.24) is 9.80 Å². The first-order chi connectivity index (χ1) is 15.6. The Morgan fingerprint density at radius 2 is 1.91 bits per heavy atom. The molecular weight excluding hydrogens is 412 g/mol. The topological polar surface area (TPSA) is 92.5 Å². The van der Waals surface area contributed by atoms with Crippen LogP contribution in [0.4, 0.5) is 0 Å². The molecule has 168 valence electrons. The molecule has 0 unspecified atom stereocenters. The van der Waals surface area contributed by atoms with Crippen LogP contribution in [0.15, 0.2) is 65.3 Å². The molecule has 2 aromatic rings. The number of carbonyl (C=O) groups is 2. The second-order valence-electron chi connectivity index (χ2n) is 7.59. The molecule has 8 heteroatoms. The van der Waals surface area contributed by atoms with Crippen molar-refractivity contribution in [3.63, 3.8) is 0 Å². The number of ether oxygens (including phenoxy) is 2. The number of nitrogens with zero attached hydrogens (tertiary/aromatic N) is 2. The molecule has 1 amide bonds. The van der Waals surface area contributed by atoms with Crippen molar-refractivity contribution in [1.29, 1.82) is 0 Å². The molecular formula is C24H26N2O6. The van der Waals surface area contributed by atoms with E-state index in [9.17, 15) is 14.7 Å². The Morgan fingerprint density at radius 1 is 1.16 bits per heavy atom. The monoisotopic (exact) mass is 438 g/mol. The lowest BCUT2D eigenvalue weighted by Crippen LogP contribution is -2.42. The van der Waals surface area contributed by atoms with Crippen molar-refractivity contribution in [2.75, 3.05) is 46.0 Å². The summed E-state index contributed by atoms with van der Waals surface area (Å²) in [4.78, 5) is 29.6. The Morgan fingerprint density at radius 3 is 2.56 bits per heavy atom. The van der Waals surface area contributed by atoms with Gasteiger partial charge in [-0.2, -0.15) is 0 Å². The van der Waals surface area contributed by atoms with Crippen LogP contribution in [0.3, 0.4) is 0 Å². The van der Waals surface area contributed by atoms with Crippen LogP contribution in [-0.4, -0.2) is 72.6 Å². The molecule has 2 aliphatic rings. The van der Waals surface area contributed by atoms with Gasteiger partial charge < -0.3 is 23.9 Å². The summed E-state index contributed by atoms with van der Waals surface area (Å²) in [7, 11) is 0. The number of Topliss-reactive ketones (excluding diaryl/α,β-unsaturated/α-hetero) is 1. The summed E-state index contributed by atoms with van der Waals surface area (Å²) >= 11 is 0. The largest absolute Gasteiger partial charge is 0.507 e. The minimum Gasteiger partial charge on any atom is -0.507 e. The van der Waals surface area contributed by atoms with Gasteiger partial charge in [-0.05, 0) is 36.4 Å². The van der Waals surface area contributed by atoms with E-state index in [0.29, 0.717) is 50.0 Å². The molecule has 2 aliphatic heterocycles. The molecule has 8 nitrogen and oxygen atoms in total. The second kappa shape index (κ2) is 9.84. The van der Waals surface area contributed by atoms with Crippen molar-refractivity contribution in [2.45, 2.75) is 6.04 Å². The van der Waals surface area contributed by atoms with Gasteiger partial charge in [-0.1, -0.05) is 12.7 Å². The van der Waals surface area contributed by atoms with Crippen LogP contribution in [0, 0.1) is 0 Å². The molecule has 4 rings (SSSR count). The zero-order valence-corrected chi connectivity index (χ0v) is 17.7. The molecule has 0 spiro atoms. The number of ketones is 1. The Kier molecular flexibility index (Phi) is 6.72. The highest BCUT2D eigenvalue weighted by atomic mass is 16.5. The number of hydrogen-bond acceptors (Lipinski definition) is 7. The maximum absolute atomic E-state index is 13.0. The summed E-state index contributed by atoms with van der Waals surface area (Å²) < 4.78 is 16.4. The molecule has 1 N–H and O–H groups in total. The van der Waals surface area contributed by atoms with E-state index in [1.54, 1.807) is 42.5 Å². The highest BCUT2D eigenvalue weighted by Gasteiger charge is 2.47. The number of furan rings is 1. The van der Waals surface area contributed by atoms with Crippen molar-refractivity contribution >= 4 is 17.4 Å². The van der Waals surface area contributed by atoms with E-state index in [-0.39, 0.29) is 11.3 Å². The van der Waals surface area contributed by atoms with Crippen LogP contribution in [-0.2, 0) is 14.3 Å².